The molecule has 1 heterocycles. The number of rotatable bonds is 10. The molecule has 0 aliphatic carbocycles. The second-order valence-corrected chi connectivity index (χ2v) is 11.9. The Bertz CT molecular complexity index is 1240. The number of aryl methyl sites for hydroxylation is 2. The number of alkyl halides is 3. The standard InChI is InChI=1S/C29H32F3NO3S2/c1-17(2)14-25(23-10-11-24(38-23)28(35)33-13-12-26(34)36-5)37-22-15-18(3)27(19(4)16-22)20-6-8-21(9-7-20)29(30,31)32/h6-11,15-17,25H,12-14H2,1-5H3,(H,33,35). The Labute approximate surface area is 230 Å². The number of carbonyl (C=O) groups excluding carboxylic acids is 2. The molecule has 9 heteroatoms. The van der Waals surface area contributed by atoms with Crippen molar-refractivity contribution in [2.24, 2.45) is 5.92 Å². The zero-order chi connectivity index (χ0) is 28.0. The first-order valence-electron chi connectivity index (χ1n) is 12.3. The molecule has 0 fully saturated rings. The zero-order valence-corrected chi connectivity index (χ0v) is 23.7. The van der Waals surface area contributed by atoms with E-state index in [0.29, 0.717) is 10.8 Å². The van der Waals surface area contributed by atoms with E-state index in [9.17, 15) is 22.8 Å². The number of hydrogen-bond acceptors (Lipinski definition) is 5. The van der Waals surface area contributed by atoms with Crippen LogP contribution in [0.5, 0.6) is 0 Å². The minimum absolute atomic E-state index is 0.119. The average molecular weight is 564 g/mol. The van der Waals surface area contributed by atoms with Gasteiger partial charge in [-0.3, -0.25) is 9.59 Å². The lowest BCUT2D eigenvalue weighted by Crippen LogP contribution is -2.25. The van der Waals surface area contributed by atoms with Crippen molar-refractivity contribution in [1.29, 1.82) is 0 Å². The number of carbonyl (C=O) groups is 2. The highest BCUT2D eigenvalue weighted by Gasteiger charge is 2.30. The van der Waals surface area contributed by atoms with Crippen molar-refractivity contribution in [3.63, 3.8) is 0 Å². The van der Waals surface area contributed by atoms with Crippen LogP contribution in [0.1, 0.15) is 63.2 Å². The fraction of sp³-hybridized carbons (Fsp3) is 0.379. The van der Waals surface area contributed by atoms with Crippen molar-refractivity contribution in [1.82, 2.24) is 5.32 Å². The third kappa shape index (κ3) is 7.86. The van der Waals surface area contributed by atoms with E-state index in [2.05, 4.69) is 36.0 Å². The quantitative estimate of drug-likeness (QED) is 0.199. The van der Waals surface area contributed by atoms with E-state index in [4.69, 9.17) is 0 Å². The number of thiophene rings is 1. The van der Waals surface area contributed by atoms with E-state index in [0.717, 1.165) is 50.6 Å². The van der Waals surface area contributed by atoms with Crippen LogP contribution in [0.25, 0.3) is 11.1 Å². The van der Waals surface area contributed by atoms with Crippen molar-refractivity contribution in [2.75, 3.05) is 13.7 Å². The number of methoxy groups -OCH3 is 1. The van der Waals surface area contributed by atoms with Crippen LogP contribution in [0.2, 0.25) is 0 Å². The van der Waals surface area contributed by atoms with Gasteiger partial charge in [0.15, 0.2) is 0 Å². The van der Waals surface area contributed by atoms with Crippen molar-refractivity contribution < 1.29 is 27.5 Å². The number of halogens is 3. The summed E-state index contributed by atoms with van der Waals surface area (Å²) in [6, 6.07) is 13.2. The number of ether oxygens (including phenoxy) is 1. The molecule has 0 spiro atoms. The molecule has 0 saturated heterocycles. The van der Waals surface area contributed by atoms with E-state index >= 15 is 0 Å². The second-order valence-electron chi connectivity index (χ2n) is 9.53. The Hall–Kier alpha value is -2.78. The van der Waals surface area contributed by atoms with Crippen LogP contribution < -0.4 is 5.32 Å². The number of nitrogens with one attached hydrogen (secondary N) is 1. The summed E-state index contributed by atoms with van der Waals surface area (Å²) < 4.78 is 43.6. The first kappa shape index (κ1) is 29.8. The Balaban J connectivity index is 1.79. The summed E-state index contributed by atoms with van der Waals surface area (Å²) in [6.07, 6.45) is -3.33. The Morgan fingerprint density at radius 3 is 2.21 bits per heavy atom. The largest absolute Gasteiger partial charge is 0.469 e. The Kier molecular flexibility index (Phi) is 10.1. The van der Waals surface area contributed by atoms with Crippen molar-refractivity contribution >= 4 is 35.0 Å². The SMILES string of the molecule is COC(=O)CCNC(=O)c1ccc(C(CC(C)C)Sc2cc(C)c(-c3ccc(C(F)(F)F)cc3)c(C)c2)s1. The Morgan fingerprint density at radius 2 is 1.66 bits per heavy atom. The molecule has 1 amide bonds. The molecule has 1 aromatic heterocycles. The van der Waals surface area contributed by atoms with Crippen molar-refractivity contribution in [3.05, 3.63) is 75.0 Å². The van der Waals surface area contributed by atoms with Gasteiger partial charge in [0.25, 0.3) is 5.91 Å². The smallest absolute Gasteiger partial charge is 0.416 e. The molecule has 0 bridgehead atoms. The minimum atomic E-state index is -4.36. The van der Waals surface area contributed by atoms with Crippen LogP contribution in [-0.2, 0) is 15.7 Å². The first-order valence-corrected chi connectivity index (χ1v) is 14.0. The summed E-state index contributed by atoms with van der Waals surface area (Å²) in [7, 11) is 1.31. The zero-order valence-electron chi connectivity index (χ0n) is 22.1. The summed E-state index contributed by atoms with van der Waals surface area (Å²) in [5.74, 6) is -0.160. The summed E-state index contributed by atoms with van der Waals surface area (Å²) in [5, 5.41) is 2.89. The van der Waals surface area contributed by atoms with Gasteiger partial charge in [-0.05, 0) is 84.8 Å². The molecule has 2 aromatic carbocycles. The van der Waals surface area contributed by atoms with Gasteiger partial charge >= 0.3 is 12.1 Å². The summed E-state index contributed by atoms with van der Waals surface area (Å²) in [4.78, 5) is 26.6. The van der Waals surface area contributed by atoms with Gasteiger partial charge in [-0.2, -0.15) is 13.2 Å². The number of hydrogen-bond donors (Lipinski definition) is 1. The third-order valence-corrected chi connectivity index (χ3v) is 8.57. The molecule has 204 valence electrons. The maximum atomic E-state index is 13.0. The molecule has 38 heavy (non-hydrogen) atoms. The average Bonchev–Trinajstić information content (AvgIpc) is 3.33. The molecule has 1 N–H and O–H groups in total. The van der Waals surface area contributed by atoms with Gasteiger partial charge in [0.2, 0.25) is 0 Å². The molecule has 4 nitrogen and oxygen atoms in total. The van der Waals surface area contributed by atoms with E-state index in [1.54, 1.807) is 11.8 Å². The Morgan fingerprint density at radius 1 is 1.03 bits per heavy atom. The lowest BCUT2D eigenvalue weighted by Gasteiger charge is -2.19. The van der Waals surface area contributed by atoms with E-state index < -0.39 is 11.7 Å². The van der Waals surface area contributed by atoms with Crippen LogP contribution in [0.4, 0.5) is 13.2 Å². The van der Waals surface area contributed by atoms with Crippen LogP contribution in [0.3, 0.4) is 0 Å². The minimum Gasteiger partial charge on any atom is -0.469 e. The fourth-order valence-electron chi connectivity index (χ4n) is 4.20. The van der Waals surface area contributed by atoms with Gasteiger partial charge in [-0.15, -0.1) is 23.1 Å². The van der Waals surface area contributed by atoms with Gasteiger partial charge in [-0.1, -0.05) is 26.0 Å². The number of esters is 1. The molecule has 0 aliphatic rings. The molecule has 0 aliphatic heterocycles. The molecule has 1 unspecified atom stereocenters. The second kappa shape index (κ2) is 12.8. The normalized spacial score (nSPS) is 12.4. The highest BCUT2D eigenvalue weighted by atomic mass is 32.2. The number of amides is 1. The number of benzene rings is 2. The third-order valence-electron chi connectivity index (χ3n) is 5.98. The summed E-state index contributed by atoms with van der Waals surface area (Å²) >= 11 is 3.17. The molecule has 1 atom stereocenters. The maximum Gasteiger partial charge on any atom is 0.416 e. The lowest BCUT2D eigenvalue weighted by atomic mass is 9.95. The van der Waals surface area contributed by atoms with Crippen LogP contribution in [0.15, 0.2) is 53.4 Å². The van der Waals surface area contributed by atoms with E-state index in [-0.39, 0.29) is 30.1 Å². The molecular weight excluding hydrogens is 531 g/mol. The first-order chi connectivity index (χ1) is 17.9. The predicted octanol–water partition coefficient (Wildman–Crippen LogP) is 8.22. The fourth-order valence-corrected chi connectivity index (χ4v) is 6.90. The molecular formula is C29H32F3NO3S2. The summed E-state index contributed by atoms with van der Waals surface area (Å²) in [6.45, 7) is 8.48. The van der Waals surface area contributed by atoms with Gasteiger partial charge in [0.05, 0.1) is 24.0 Å². The predicted molar refractivity (Wildman–Crippen MR) is 148 cm³/mol. The van der Waals surface area contributed by atoms with Crippen LogP contribution in [-0.4, -0.2) is 25.5 Å². The van der Waals surface area contributed by atoms with Gasteiger partial charge < -0.3 is 10.1 Å². The molecule has 3 aromatic rings. The van der Waals surface area contributed by atoms with Gasteiger partial charge in [0, 0.05) is 21.6 Å². The van der Waals surface area contributed by atoms with Crippen LogP contribution in [0, 0.1) is 19.8 Å². The molecule has 0 saturated carbocycles. The van der Waals surface area contributed by atoms with Gasteiger partial charge in [-0.25, -0.2) is 0 Å². The van der Waals surface area contributed by atoms with Crippen LogP contribution >= 0.6 is 23.1 Å². The maximum absolute atomic E-state index is 13.0. The lowest BCUT2D eigenvalue weighted by molar-refractivity contribution is -0.140. The summed E-state index contributed by atoms with van der Waals surface area (Å²) in [5.41, 5.74) is 3.02. The molecule has 3 rings (SSSR count). The van der Waals surface area contributed by atoms with Gasteiger partial charge in [0.1, 0.15) is 0 Å². The highest BCUT2D eigenvalue weighted by molar-refractivity contribution is 7.99. The molecule has 0 radical (unpaired) electrons. The van der Waals surface area contributed by atoms with E-state index in [1.807, 2.05) is 26.0 Å². The number of thioether (sulfide) groups is 1. The topological polar surface area (TPSA) is 55.4 Å². The van der Waals surface area contributed by atoms with E-state index in [1.165, 1.54) is 30.6 Å². The van der Waals surface area contributed by atoms with Crippen molar-refractivity contribution in [3.8, 4) is 11.1 Å². The van der Waals surface area contributed by atoms with Crippen molar-refractivity contribution in [2.45, 2.75) is 56.9 Å². The monoisotopic (exact) mass is 563 g/mol. The highest BCUT2D eigenvalue weighted by Crippen LogP contribution is 2.44.